The number of amides is 1. The summed E-state index contributed by atoms with van der Waals surface area (Å²) in [6.07, 6.45) is 3.26. The first kappa shape index (κ1) is 12.2. The first-order valence-corrected chi connectivity index (χ1v) is 6.03. The minimum absolute atomic E-state index is 0.0137. The molecule has 0 aliphatic heterocycles. The van der Waals surface area contributed by atoms with Crippen LogP contribution in [-0.2, 0) is 6.54 Å². The number of nitrogens with one attached hydrogen (secondary N) is 2. The van der Waals surface area contributed by atoms with Gasteiger partial charge in [0, 0.05) is 18.5 Å². The molecule has 6 heteroatoms. The van der Waals surface area contributed by atoms with Crippen molar-refractivity contribution < 1.29 is 9.21 Å². The van der Waals surface area contributed by atoms with Crippen molar-refractivity contribution in [2.75, 3.05) is 0 Å². The van der Waals surface area contributed by atoms with Crippen molar-refractivity contribution in [3.8, 4) is 0 Å². The van der Waals surface area contributed by atoms with Gasteiger partial charge in [-0.05, 0) is 12.1 Å². The summed E-state index contributed by atoms with van der Waals surface area (Å²) in [5.41, 5.74) is 0.151. The molecule has 0 saturated carbocycles. The van der Waals surface area contributed by atoms with Gasteiger partial charge in [-0.15, -0.1) is 0 Å². The highest BCUT2D eigenvalue weighted by Gasteiger charge is 2.12. The molecule has 0 saturated heterocycles. The third kappa shape index (κ3) is 2.31. The van der Waals surface area contributed by atoms with Crippen LogP contribution in [0.4, 0.5) is 0 Å². The number of hydrogen-bond donors (Lipinski definition) is 2. The smallest absolute Gasteiger partial charge is 0.287 e. The van der Waals surface area contributed by atoms with Gasteiger partial charge in [-0.1, -0.05) is 12.1 Å². The summed E-state index contributed by atoms with van der Waals surface area (Å²) < 4.78 is 5.43. The van der Waals surface area contributed by atoms with Gasteiger partial charge in [-0.2, -0.15) is 0 Å². The van der Waals surface area contributed by atoms with Gasteiger partial charge >= 0.3 is 0 Å². The quantitative estimate of drug-likeness (QED) is 0.753. The molecule has 6 nitrogen and oxygen atoms in total. The minimum atomic E-state index is -0.454. The normalized spacial score (nSPS) is 10.6. The van der Waals surface area contributed by atoms with Crippen molar-refractivity contribution in [3.63, 3.8) is 0 Å². The number of imidazole rings is 1. The Morgan fingerprint density at radius 1 is 1.35 bits per heavy atom. The fraction of sp³-hybridized carbons (Fsp3) is 0.0714. The molecule has 0 aliphatic carbocycles. The van der Waals surface area contributed by atoms with Crippen LogP contribution in [0.25, 0.3) is 11.0 Å². The predicted molar refractivity (Wildman–Crippen MR) is 72.2 cm³/mol. The summed E-state index contributed by atoms with van der Waals surface area (Å²) >= 11 is 0. The van der Waals surface area contributed by atoms with E-state index in [0.717, 1.165) is 0 Å². The number of fused-ring (bicyclic) bond motifs is 1. The Hall–Kier alpha value is -2.89. The number of rotatable bonds is 3. The van der Waals surface area contributed by atoms with Gasteiger partial charge in [-0.3, -0.25) is 9.59 Å². The Labute approximate surface area is 113 Å². The molecule has 2 N–H and O–H groups in total. The molecule has 2 heterocycles. The SMILES string of the molecule is O=C(NCc1ncc[nH]1)c1cc(=O)c2ccccc2o1. The van der Waals surface area contributed by atoms with E-state index in [1.165, 1.54) is 6.07 Å². The highest BCUT2D eigenvalue weighted by molar-refractivity contribution is 5.93. The van der Waals surface area contributed by atoms with E-state index >= 15 is 0 Å². The highest BCUT2D eigenvalue weighted by atomic mass is 16.3. The lowest BCUT2D eigenvalue weighted by Crippen LogP contribution is -2.24. The van der Waals surface area contributed by atoms with Gasteiger partial charge in [0.1, 0.15) is 11.4 Å². The summed E-state index contributed by atoms with van der Waals surface area (Å²) in [6.45, 7) is 0.238. The predicted octanol–water partition coefficient (Wildman–Crippen LogP) is 1.45. The lowest BCUT2D eigenvalue weighted by Gasteiger charge is -2.03. The van der Waals surface area contributed by atoms with Crippen LogP contribution in [0.2, 0.25) is 0 Å². The van der Waals surface area contributed by atoms with Crippen molar-refractivity contribution in [2.24, 2.45) is 0 Å². The number of benzene rings is 1. The van der Waals surface area contributed by atoms with E-state index in [2.05, 4.69) is 15.3 Å². The van der Waals surface area contributed by atoms with Gasteiger partial charge in [0.25, 0.3) is 5.91 Å². The highest BCUT2D eigenvalue weighted by Crippen LogP contribution is 2.11. The van der Waals surface area contributed by atoms with Crippen LogP contribution >= 0.6 is 0 Å². The number of H-pyrrole nitrogens is 1. The number of para-hydroxylation sites is 1. The van der Waals surface area contributed by atoms with Gasteiger partial charge in [0.05, 0.1) is 11.9 Å². The molecular formula is C14H11N3O3. The van der Waals surface area contributed by atoms with E-state index in [1.807, 2.05) is 0 Å². The number of carbonyl (C=O) groups is 1. The Bertz CT molecular complexity index is 806. The summed E-state index contributed by atoms with van der Waals surface area (Å²) in [5, 5.41) is 3.08. The zero-order valence-corrected chi connectivity index (χ0v) is 10.4. The molecule has 0 unspecified atom stereocenters. The zero-order chi connectivity index (χ0) is 13.9. The van der Waals surface area contributed by atoms with Crippen molar-refractivity contribution >= 4 is 16.9 Å². The summed E-state index contributed by atoms with van der Waals surface area (Å²) in [5.74, 6) is 0.158. The molecular weight excluding hydrogens is 258 g/mol. The van der Waals surface area contributed by atoms with Crippen molar-refractivity contribution in [1.82, 2.24) is 15.3 Å². The average molecular weight is 269 g/mol. The van der Waals surface area contributed by atoms with Crippen molar-refractivity contribution in [3.05, 3.63) is 64.5 Å². The molecule has 0 fully saturated rings. The second-order valence-corrected chi connectivity index (χ2v) is 4.19. The largest absolute Gasteiger partial charge is 0.451 e. The Balaban J connectivity index is 1.86. The van der Waals surface area contributed by atoms with Gasteiger partial charge in [0.15, 0.2) is 11.2 Å². The number of nitrogens with zero attached hydrogens (tertiary/aromatic N) is 1. The van der Waals surface area contributed by atoms with E-state index in [-0.39, 0.29) is 17.7 Å². The van der Waals surface area contributed by atoms with Crippen LogP contribution in [0.3, 0.4) is 0 Å². The van der Waals surface area contributed by atoms with E-state index < -0.39 is 5.91 Å². The summed E-state index contributed by atoms with van der Waals surface area (Å²) in [6, 6.07) is 8.00. The van der Waals surface area contributed by atoms with Crippen molar-refractivity contribution in [1.29, 1.82) is 0 Å². The van der Waals surface area contributed by atoms with Crippen LogP contribution in [-0.4, -0.2) is 15.9 Å². The fourth-order valence-corrected chi connectivity index (χ4v) is 1.86. The van der Waals surface area contributed by atoms with E-state index in [0.29, 0.717) is 16.8 Å². The van der Waals surface area contributed by atoms with E-state index in [1.54, 1.807) is 36.7 Å². The molecule has 1 aromatic carbocycles. The first-order chi connectivity index (χ1) is 9.74. The second-order valence-electron chi connectivity index (χ2n) is 4.19. The summed E-state index contributed by atoms with van der Waals surface area (Å²) in [4.78, 5) is 30.7. The third-order valence-electron chi connectivity index (χ3n) is 2.83. The molecule has 20 heavy (non-hydrogen) atoms. The first-order valence-electron chi connectivity index (χ1n) is 6.03. The average Bonchev–Trinajstić information content (AvgIpc) is 2.98. The number of aromatic amines is 1. The number of hydrogen-bond acceptors (Lipinski definition) is 4. The summed E-state index contributed by atoms with van der Waals surface area (Å²) in [7, 11) is 0. The topological polar surface area (TPSA) is 88.0 Å². The maximum atomic E-state index is 12.0. The van der Waals surface area contributed by atoms with Crippen molar-refractivity contribution in [2.45, 2.75) is 6.54 Å². The minimum Gasteiger partial charge on any atom is -0.451 e. The van der Waals surface area contributed by atoms with E-state index in [9.17, 15) is 9.59 Å². The van der Waals surface area contributed by atoms with Crippen LogP contribution in [0.15, 0.2) is 51.9 Å². The molecule has 100 valence electrons. The molecule has 0 aliphatic rings. The molecule has 0 spiro atoms. The molecule has 2 aromatic heterocycles. The van der Waals surface area contributed by atoms with Crippen LogP contribution in [0.5, 0.6) is 0 Å². The van der Waals surface area contributed by atoms with Gasteiger partial charge in [-0.25, -0.2) is 4.98 Å². The molecule has 1 amide bonds. The molecule has 0 atom stereocenters. The lowest BCUT2D eigenvalue weighted by atomic mass is 10.2. The fourth-order valence-electron chi connectivity index (χ4n) is 1.86. The molecule has 3 aromatic rings. The number of carbonyl (C=O) groups excluding carboxylic acids is 1. The second kappa shape index (κ2) is 5.00. The zero-order valence-electron chi connectivity index (χ0n) is 10.4. The molecule has 3 rings (SSSR count). The van der Waals surface area contributed by atoms with Crippen LogP contribution in [0.1, 0.15) is 16.4 Å². The molecule has 0 bridgehead atoms. The molecule has 0 radical (unpaired) electrons. The van der Waals surface area contributed by atoms with Crippen LogP contribution < -0.4 is 10.7 Å². The standard InChI is InChI=1S/C14H11N3O3/c18-10-7-12(20-11-4-2-1-3-9(10)11)14(19)17-8-13-15-5-6-16-13/h1-7H,8H2,(H,15,16)(H,17,19). The number of aromatic nitrogens is 2. The third-order valence-corrected chi connectivity index (χ3v) is 2.83. The lowest BCUT2D eigenvalue weighted by molar-refractivity contribution is 0.0923. The van der Waals surface area contributed by atoms with Gasteiger partial charge in [0.2, 0.25) is 0 Å². The Morgan fingerprint density at radius 2 is 2.20 bits per heavy atom. The maximum Gasteiger partial charge on any atom is 0.287 e. The monoisotopic (exact) mass is 269 g/mol. The van der Waals surface area contributed by atoms with E-state index in [4.69, 9.17) is 4.42 Å². The Kier molecular flexibility index (Phi) is 3.04. The van der Waals surface area contributed by atoms with Crippen LogP contribution in [0, 0.1) is 0 Å². The van der Waals surface area contributed by atoms with Gasteiger partial charge < -0.3 is 14.7 Å². The maximum absolute atomic E-state index is 12.0. The Morgan fingerprint density at radius 3 is 3.00 bits per heavy atom.